The first-order valence-electron chi connectivity index (χ1n) is 9.99. The number of rotatable bonds is 4. The molecule has 0 aliphatic carbocycles. The number of nitrogens with zero attached hydrogens (tertiary/aromatic N) is 3. The standard InChI is InChI=1S/C24H21F3N4O/c1-14-5-4-6-15(2)21(14)20-11-18(19-13-29-31(3)22(19)30-20)23(32)28-12-16-7-9-17(10-8-16)24(25,26)27/h4-11,13H,12H2,1-3H3,(H,28,32). The normalized spacial score (nSPS) is 11.7. The van der Waals surface area contributed by atoms with Gasteiger partial charge in [0.25, 0.3) is 5.91 Å². The van der Waals surface area contributed by atoms with Crippen molar-refractivity contribution in [3.63, 3.8) is 0 Å². The highest BCUT2D eigenvalue weighted by atomic mass is 19.4. The fourth-order valence-electron chi connectivity index (χ4n) is 3.74. The van der Waals surface area contributed by atoms with Crippen molar-refractivity contribution in [1.82, 2.24) is 20.1 Å². The third-order valence-corrected chi connectivity index (χ3v) is 5.42. The van der Waals surface area contributed by atoms with Crippen molar-refractivity contribution in [1.29, 1.82) is 0 Å². The molecule has 0 unspecified atom stereocenters. The van der Waals surface area contributed by atoms with Crippen LogP contribution in [-0.2, 0) is 19.8 Å². The maximum absolute atomic E-state index is 13.1. The Hall–Kier alpha value is -3.68. The van der Waals surface area contributed by atoms with Crippen molar-refractivity contribution in [3.8, 4) is 11.3 Å². The molecule has 4 rings (SSSR count). The lowest BCUT2D eigenvalue weighted by atomic mass is 9.98. The summed E-state index contributed by atoms with van der Waals surface area (Å²) in [6.07, 6.45) is -2.81. The molecule has 0 saturated carbocycles. The molecule has 4 aromatic rings. The fourth-order valence-corrected chi connectivity index (χ4v) is 3.74. The largest absolute Gasteiger partial charge is 0.416 e. The average molecular weight is 438 g/mol. The van der Waals surface area contributed by atoms with Crippen LogP contribution >= 0.6 is 0 Å². The third kappa shape index (κ3) is 4.08. The van der Waals surface area contributed by atoms with E-state index in [1.54, 1.807) is 24.0 Å². The van der Waals surface area contributed by atoms with Gasteiger partial charge in [0.15, 0.2) is 5.65 Å². The van der Waals surface area contributed by atoms with Crippen molar-refractivity contribution in [2.75, 3.05) is 0 Å². The van der Waals surface area contributed by atoms with Crippen LogP contribution in [0.2, 0.25) is 0 Å². The topological polar surface area (TPSA) is 59.8 Å². The van der Waals surface area contributed by atoms with E-state index in [-0.39, 0.29) is 12.5 Å². The van der Waals surface area contributed by atoms with Gasteiger partial charge in [-0.15, -0.1) is 0 Å². The number of nitrogens with one attached hydrogen (secondary N) is 1. The Morgan fingerprint density at radius 1 is 1.06 bits per heavy atom. The van der Waals surface area contributed by atoms with Gasteiger partial charge in [0.2, 0.25) is 0 Å². The number of hydrogen-bond acceptors (Lipinski definition) is 3. The smallest absolute Gasteiger partial charge is 0.348 e. The first-order chi connectivity index (χ1) is 15.1. The zero-order chi connectivity index (χ0) is 23.0. The number of amides is 1. The molecule has 1 N–H and O–H groups in total. The number of alkyl halides is 3. The molecule has 0 fully saturated rings. The zero-order valence-corrected chi connectivity index (χ0v) is 17.8. The van der Waals surface area contributed by atoms with Crippen LogP contribution in [0.5, 0.6) is 0 Å². The Labute approximate surface area is 182 Å². The zero-order valence-electron chi connectivity index (χ0n) is 17.8. The number of pyridine rings is 1. The Bertz CT molecular complexity index is 1290. The number of fused-ring (bicyclic) bond motifs is 1. The Morgan fingerprint density at radius 2 is 1.72 bits per heavy atom. The number of carbonyl (C=O) groups is 1. The Balaban J connectivity index is 1.67. The molecule has 2 heterocycles. The molecular weight excluding hydrogens is 417 g/mol. The summed E-state index contributed by atoms with van der Waals surface area (Å²) in [5.74, 6) is -0.349. The van der Waals surface area contributed by atoms with E-state index in [1.165, 1.54) is 12.1 Å². The van der Waals surface area contributed by atoms with Crippen LogP contribution in [-0.4, -0.2) is 20.7 Å². The van der Waals surface area contributed by atoms with E-state index in [4.69, 9.17) is 4.98 Å². The van der Waals surface area contributed by atoms with Gasteiger partial charge < -0.3 is 5.32 Å². The van der Waals surface area contributed by atoms with Crippen molar-refractivity contribution >= 4 is 16.9 Å². The second-order valence-electron chi connectivity index (χ2n) is 7.70. The molecule has 32 heavy (non-hydrogen) atoms. The van der Waals surface area contributed by atoms with E-state index < -0.39 is 11.7 Å². The van der Waals surface area contributed by atoms with E-state index >= 15 is 0 Å². The van der Waals surface area contributed by atoms with E-state index in [9.17, 15) is 18.0 Å². The predicted molar refractivity (Wildman–Crippen MR) is 116 cm³/mol. The van der Waals surface area contributed by atoms with Gasteiger partial charge in [0, 0.05) is 19.2 Å². The molecule has 0 saturated heterocycles. The first kappa shape index (κ1) is 21.5. The maximum Gasteiger partial charge on any atom is 0.416 e. The highest BCUT2D eigenvalue weighted by molar-refractivity contribution is 6.06. The minimum atomic E-state index is -4.39. The number of aromatic nitrogens is 3. The summed E-state index contributed by atoms with van der Waals surface area (Å²) >= 11 is 0. The predicted octanol–water partition coefficient (Wildman–Crippen LogP) is 5.20. The number of aryl methyl sites for hydroxylation is 3. The number of hydrogen-bond donors (Lipinski definition) is 1. The van der Waals surface area contributed by atoms with Gasteiger partial charge in [-0.3, -0.25) is 9.48 Å². The van der Waals surface area contributed by atoms with Crippen molar-refractivity contribution in [2.45, 2.75) is 26.6 Å². The summed E-state index contributed by atoms with van der Waals surface area (Å²) in [5.41, 5.74) is 4.52. The number of benzene rings is 2. The quantitative estimate of drug-likeness (QED) is 0.476. The van der Waals surface area contributed by atoms with Crippen molar-refractivity contribution < 1.29 is 18.0 Å². The van der Waals surface area contributed by atoms with Crippen molar-refractivity contribution in [3.05, 3.63) is 82.5 Å². The lowest BCUT2D eigenvalue weighted by molar-refractivity contribution is -0.137. The highest BCUT2D eigenvalue weighted by Gasteiger charge is 2.30. The molecule has 0 spiro atoms. The molecule has 0 aliphatic heterocycles. The molecular formula is C24H21F3N4O. The highest BCUT2D eigenvalue weighted by Crippen LogP contribution is 2.30. The lowest BCUT2D eigenvalue weighted by Gasteiger charge is -2.13. The Kier molecular flexibility index (Phi) is 5.46. The van der Waals surface area contributed by atoms with Gasteiger partial charge >= 0.3 is 6.18 Å². The molecule has 0 bridgehead atoms. The molecule has 164 valence electrons. The van der Waals surface area contributed by atoms with Crippen LogP contribution < -0.4 is 5.32 Å². The summed E-state index contributed by atoms with van der Waals surface area (Å²) in [4.78, 5) is 17.8. The van der Waals surface area contributed by atoms with E-state index in [2.05, 4.69) is 10.4 Å². The number of halogens is 3. The molecule has 2 aromatic carbocycles. The summed E-state index contributed by atoms with van der Waals surface area (Å²) in [6, 6.07) is 12.4. The molecule has 8 heteroatoms. The molecule has 0 aliphatic rings. The first-order valence-corrected chi connectivity index (χ1v) is 9.99. The second-order valence-corrected chi connectivity index (χ2v) is 7.70. The van der Waals surface area contributed by atoms with E-state index in [0.717, 1.165) is 28.8 Å². The van der Waals surface area contributed by atoms with Crippen LogP contribution in [0.1, 0.15) is 32.6 Å². The maximum atomic E-state index is 13.1. The van der Waals surface area contributed by atoms with Crippen molar-refractivity contribution in [2.24, 2.45) is 7.05 Å². The van der Waals surface area contributed by atoms with Crippen LogP contribution in [0.3, 0.4) is 0 Å². The fraction of sp³-hybridized carbons (Fsp3) is 0.208. The van der Waals surface area contributed by atoms with Gasteiger partial charge in [-0.05, 0) is 48.7 Å². The van der Waals surface area contributed by atoms with Crippen LogP contribution in [0.15, 0.2) is 54.7 Å². The van der Waals surface area contributed by atoms with Gasteiger partial charge in [0.1, 0.15) is 0 Å². The SMILES string of the molecule is Cc1cccc(C)c1-c1cc(C(=O)NCc2ccc(C(F)(F)F)cc2)c2cnn(C)c2n1. The average Bonchev–Trinajstić information content (AvgIpc) is 3.12. The van der Waals surface area contributed by atoms with Crippen LogP contribution in [0.4, 0.5) is 13.2 Å². The minimum Gasteiger partial charge on any atom is -0.348 e. The van der Waals surface area contributed by atoms with Gasteiger partial charge in [-0.1, -0.05) is 30.3 Å². The third-order valence-electron chi connectivity index (χ3n) is 5.42. The molecule has 0 atom stereocenters. The molecule has 0 radical (unpaired) electrons. The molecule has 5 nitrogen and oxygen atoms in total. The number of carbonyl (C=O) groups excluding carboxylic acids is 1. The monoisotopic (exact) mass is 438 g/mol. The van der Waals surface area contributed by atoms with Gasteiger partial charge in [0.05, 0.1) is 28.4 Å². The summed E-state index contributed by atoms with van der Waals surface area (Å²) in [7, 11) is 1.76. The summed E-state index contributed by atoms with van der Waals surface area (Å²) in [5, 5.41) is 7.64. The Morgan fingerprint density at radius 3 is 2.34 bits per heavy atom. The van der Waals surface area contributed by atoms with E-state index in [0.29, 0.717) is 27.9 Å². The van der Waals surface area contributed by atoms with Crippen LogP contribution in [0, 0.1) is 13.8 Å². The van der Waals surface area contributed by atoms with Gasteiger partial charge in [-0.25, -0.2) is 4.98 Å². The van der Waals surface area contributed by atoms with Gasteiger partial charge in [-0.2, -0.15) is 18.3 Å². The van der Waals surface area contributed by atoms with E-state index in [1.807, 2.05) is 32.0 Å². The summed E-state index contributed by atoms with van der Waals surface area (Å²) in [6.45, 7) is 4.07. The second kappa shape index (κ2) is 8.11. The minimum absolute atomic E-state index is 0.0970. The lowest BCUT2D eigenvalue weighted by Crippen LogP contribution is -2.23. The molecule has 1 amide bonds. The summed E-state index contributed by atoms with van der Waals surface area (Å²) < 4.78 is 39.9. The van der Waals surface area contributed by atoms with Crippen LogP contribution in [0.25, 0.3) is 22.3 Å². The molecule has 2 aromatic heterocycles.